The number of aliphatic hydroxyl groups is 1. The third-order valence-corrected chi connectivity index (χ3v) is 3.81. The second-order valence-corrected chi connectivity index (χ2v) is 5.53. The summed E-state index contributed by atoms with van der Waals surface area (Å²) in [6.07, 6.45) is 2.86. The average molecular weight is 252 g/mol. The number of hydrogen-bond acceptors (Lipinski definition) is 3. The predicted octanol–water partition coefficient (Wildman–Crippen LogP) is 2.64. The van der Waals surface area contributed by atoms with Crippen LogP contribution in [0.15, 0.2) is 24.8 Å². The lowest BCUT2D eigenvalue weighted by molar-refractivity contribution is -0.129. The molecule has 0 aliphatic carbocycles. The van der Waals surface area contributed by atoms with E-state index in [4.69, 9.17) is 4.74 Å². The predicted molar refractivity (Wildman–Crippen MR) is 72.3 cm³/mol. The molecule has 0 bridgehead atoms. The molecule has 0 spiro atoms. The number of ether oxygens (including phenoxy) is 1. The molecule has 3 nitrogen and oxygen atoms in total. The fourth-order valence-corrected chi connectivity index (χ4v) is 2.15. The highest BCUT2D eigenvalue weighted by Crippen LogP contribution is 2.35. The molecule has 4 atom stereocenters. The summed E-state index contributed by atoms with van der Waals surface area (Å²) in [5.74, 6) is -0.162. The Hall–Kier alpha value is -0.930. The molecule has 2 unspecified atom stereocenters. The lowest BCUT2D eigenvalue weighted by atomic mass is 9.92. The monoisotopic (exact) mass is 252 g/mol. The van der Waals surface area contributed by atoms with Crippen molar-refractivity contribution in [3.8, 4) is 0 Å². The van der Waals surface area contributed by atoms with Crippen LogP contribution in [0.1, 0.15) is 40.0 Å². The van der Waals surface area contributed by atoms with Crippen molar-refractivity contribution in [3.63, 3.8) is 0 Å². The Labute approximate surface area is 110 Å². The standard InChI is InChI=1S/C15H24O3/c1-6-15(5)8-7-14(18-15)11(4)13(17)9-12(16)10(2)3/h6,11-12,14,16H,1-2,7-9H2,3-5H3/t11?,12?,14-,15-/m0/s1. The van der Waals surface area contributed by atoms with Crippen LogP contribution in [0.5, 0.6) is 0 Å². The first kappa shape index (κ1) is 15.1. The number of ketones is 1. The van der Waals surface area contributed by atoms with Crippen LogP contribution in [0.25, 0.3) is 0 Å². The van der Waals surface area contributed by atoms with Gasteiger partial charge in [-0.2, -0.15) is 0 Å². The van der Waals surface area contributed by atoms with Crippen LogP contribution < -0.4 is 0 Å². The van der Waals surface area contributed by atoms with E-state index in [-0.39, 0.29) is 29.8 Å². The van der Waals surface area contributed by atoms with E-state index in [0.29, 0.717) is 5.57 Å². The van der Waals surface area contributed by atoms with E-state index in [9.17, 15) is 9.90 Å². The molecule has 0 saturated carbocycles. The van der Waals surface area contributed by atoms with Crippen molar-refractivity contribution in [1.29, 1.82) is 0 Å². The molecule has 102 valence electrons. The molecule has 1 rings (SSSR count). The summed E-state index contributed by atoms with van der Waals surface area (Å²) in [4.78, 5) is 12.0. The normalized spacial score (nSPS) is 30.8. The van der Waals surface area contributed by atoms with E-state index in [2.05, 4.69) is 13.2 Å². The van der Waals surface area contributed by atoms with Crippen LogP contribution in [0.2, 0.25) is 0 Å². The van der Waals surface area contributed by atoms with Gasteiger partial charge in [0.2, 0.25) is 0 Å². The molecule has 3 heteroatoms. The molecule has 0 amide bonds. The summed E-state index contributed by atoms with van der Waals surface area (Å²) in [7, 11) is 0. The van der Waals surface area contributed by atoms with Crippen LogP contribution in [0.4, 0.5) is 0 Å². The van der Waals surface area contributed by atoms with E-state index in [1.54, 1.807) is 13.0 Å². The zero-order chi connectivity index (χ0) is 13.9. The SMILES string of the molecule is C=C[C@@]1(C)CC[C@@H](C(C)C(=O)CC(O)C(=C)C)O1. The van der Waals surface area contributed by atoms with Gasteiger partial charge in [0, 0.05) is 12.3 Å². The van der Waals surface area contributed by atoms with Crippen molar-refractivity contribution < 1.29 is 14.6 Å². The molecule has 1 N–H and O–H groups in total. The Morgan fingerprint density at radius 1 is 1.67 bits per heavy atom. The van der Waals surface area contributed by atoms with Gasteiger partial charge in [-0.25, -0.2) is 0 Å². The van der Waals surface area contributed by atoms with Crippen LogP contribution in [-0.4, -0.2) is 28.7 Å². The quantitative estimate of drug-likeness (QED) is 0.739. The molecule has 18 heavy (non-hydrogen) atoms. The van der Waals surface area contributed by atoms with E-state index in [1.807, 2.05) is 13.8 Å². The van der Waals surface area contributed by atoms with Gasteiger partial charge >= 0.3 is 0 Å². The zero-order valence-corrected chi connectivity index (χ0v) is 11.6. The minimum Gasteiger partial charge on any atom is -0.388 e. The van der Waals surface area contributed by atoms with Gasteiger partial charge in [-0.15, -0.1) is 6.58 Å². The largest absolute Gasteiger partial charge is 0.388 e. The molecule has 0 radical (unpaired) electrons. The summed E-state index contributed by atoms with van der Waals surface area (Å²) in [6.45, 7) is 13.0. The zero-order valence-electron chi connectivity index (χ0n) is 11.6. The Balaban J connectivity index is 2.55. The number of Topliss-reactive ketones (excluding diaryl/α,β-unsaturated/α-hetero) is 1. The Morgan fingerprint density at radius 2 is 2.28 bits per heavy atom. The molecule has 1 saturated heterocycles. The summed E-state index contributed by atoms with van der Waals surface area (Å²) >= 11 is 0. The molecular formula is C15H24O3. The fraction of sp³-hybridized carbons (Fsp3) is 0.667. The van der Waals surface area contributed by atoms with Gasteiger partial charge in [0.05, 0.1) is 17.8 Å². The van der Waals surface area contributed by atoms with Crippen LogP contribution >= 0.6 is 0 Å². The minimum absolute atomic E-state index is 0.0313. The Bertz CT molecular complexity index is 348. The number of rotatable bonds is 6. The van der Waals surface area contributed by atoms with Gasteiger partial charge in [-0.3, -0.25) is 4.79 Å². The summed E-state index contributed by atoms with van der Waals surface area (Å²) < 4.78 is 5.88. The van der Waals surface area contributed by atoms with Gasteiger partial charge in [-0.05, 0) is 26.7 Å². The van der Waals surface area contributed by atoms with Crippen LogP contribution in [-0.2, 0) is 9.53 Å². The third kappa shape index (κ3) is 3.53. The van der Waals surface area contributed by atoms with Gasteiger partial charge < -0.3 is 9.84 Å². The lowest BCUT2D eigenvalue weighted by Crippen LogP contribution is -2.31. The maximum Gasteiger partial charge on any atom is 0.141 e. The molecule has 1 heterocycles. The van der Waals surface area contributed by atoms with Gasteiger partial charge in [0.15, 0.2) is 0 Å². The van der Waals surface area contributed by atoms with Crippen LogP contribution in [0.3, 0.4) is 0 Å². The molecular weight excluding hydrogens is 228 g/mol. The van der Waals surface area contributed by atoms with Gasteiger partial charge in [0.25, 0.3) is 0 Å². The first-order valence-corrected chi connectivity index (χ1v) is 6.46. The van der Waals surface area contributed by atoms with E-state index >= 15 is 0 Å². The summed E-state index contributed by atoms with van der Waals surface area (Å²) in [6, 6.07) is 0. The van der Waals surface area contributed by atoms with Crippen molar-refractivity contribution >= 4 is 5.78 Å². The highest BCUT2D eigenvalue weighted by atomic mass is 16.5. The van der Waals surface area contributed by atoms with Crippen molar-refractivity contribution in [2.24, 2.45) is 5.92 Å². The third-order valence-electron chi connectivity index (χ3n) is 3.81. The number of hydrogen-bond donors (Lipinski definition) is 1. The highest BCUT2D eigenvalue weighted by Gasteiger charge is 2.38. The lowest BCUT2D eigenvalue weighted by Gasteiger charge is -2.24. The van der Waals surface area contributed by atoms with Crippen molar-refractivity contribution in [3.05, 3.63) is 24.8 Å². The number of carbonyl (C=O) groups is 1. The average Bonchev–Trinajstić information content (AvgIpc) is 2.71. The minimum atomic E-state index is -0.743. The van der Waals surface area contributed by atoms with Crippen LogP contribution in [0, 0.1) is 5.92 Å². The van der Waals surface area contributed by atoms with E-state index < -0.39 is 6.10 Å². The number of carbonyl (C=O) groups excluding carboxylic acids is 1. The highest BCUT2D eigenvalue weighted by molar-refractivity contribution is 5.82. The van der Waals surface area contributed by atoms with Crippen molar-refractivity contribution in [2.45, 2.75) is 57.8 Å². The topological polar surface area (TPSA) is 46.5 Å². The molecule has 1 aliphatic heterocycles. The molecule has 0 aromatic rings. The maximum atomic E-state index is 12.0. The molecule has 0 aromatic heterocycles. The Kier molecular flexibility index (Phi) is 4.88. The smallest absolute Gasteiger partial charge is 0.141 e. The van der Waals surface area contributed by atoms with Gasteiger partial charge in [0.1, 0.15) is 5.78 Å². The van der Waals surface area contributed by atoms with E-state index in [0.717, 1.165) is 12.8 Å². The maximum absolute atomic E-state index is 12.0. The second kappa shape index (κ2) is 5.81. The van der Waals surface area contributed by atoms with E-state index in [1.165, 1.54) is 0 Å². The molecule has 1 fully saturated rings. The molecule has 0 aromatic carbocycles. The second-order valence-electron chi connectivity index (χ2n) is 5.53. The fourth-order valence-electron chi connectivity index (χ4n) is 2.15. The summed E-state index contributed by atoms with van der Waals surface area (Å²) in [5.41, 5.74) is 0.311. The van der Waals surface area contributed by atoms with Gasteiger partial charge in [-0.1, -0.05) is 25.2 Å². The Morgan fingerprint density at radius 3 is 2.72 bits per heavy atom. The first-order valence-electron chi connectivity index (χ1n) is 6.46. The molecule has 1 aliphatic rings. The summed E-state index contributed by atoms with van der Waals surface area (Å²) in [5, 5.41) is 9.66. The number of aliphatic hydroxyl groups excluding tert-OH is 1. The van der Waals surface area contributed by atoms with Crippen molar-refractivity contribution in [2.75, 3.05) is 0 Å². The first-order chi connectivity index (χ1) is 8.29. The van der Waals surface area contributed by atoms with Crippen molar-refractivity contribution in [1.82, 2.24) is 0 Å².